The zero-order chi connectivity index (χ0) is 8.57. The van der Waals surface area contributed by atoms with E-state index >= 15 is 0 Å². The third kappa shape index (κ3) is 28.0. The standard InChI is InChI=1S/C4H6O3.CH2F2/c1-3(5)7-4(2)6;2-1-3/h1-2H3;1H2. The Morgan fingerprint density at radius 1 is 1.20 bits per heavy atom. The average Bonchev–Trinajstić information content (AvgIpc) is 1.62. The van der Waals surface area contributed by atoms with Gasteiger partial charge in [0.25, 0.3) is 0 Å². The Morgan fingerprint density at radius 3 is 1.40 bits per heavy atom. The molecule has 3 nitrogen and oxygen atoms in total. The van der Waals surface area contributed by atoms with Crippen LogP contribution in [0, 0.1) is 0 Å². The second kappa shape index (κ2) is 8.00. The van der Waals surface area contributed by atoms with Crippen LogP contribution in [0.2, 0.25) is 0 Å². The monoisotopic (exact) mass is 154 g/mol. The Labute approximate surface area is 57.0 Å². The van der Waals surface area contributed by atoms with Crippen LogP contribution in [0.15, 0.2) is 0 Å². The Balaban J connectivity index is 0. The van der Waals surface area contributed by atoms with Crippen molar-refractivity contribution < 1.29 is 23.1 Å². The van der Waals surface area contributed by atoms with Gasteiger partial charge in [-0.3, -0.25) is 9.59 Å². The average molecular weight is 154 g/mol. The summed E-state index contributed by atoms with van der Waals surface area (Å²) in [5.74, 6) is -1.12. The Kier molecular flexibility index (Phi) is 9.40. The van der Waals surface area contributed by atoms with Gasteiger partial charge in [-0.25, -0.2) is 8.78 Å². The highest BCUT2D eigenvalue weighted by Crippen LogP contribution is 1.73. The predicted molar refractivity (Wildman–Crippen MR) is 29.5 cm³/mol. The van der Waals surface area contributed by atoms with Crippen molar-refractivity contribution in [2.24, 2.45) is 0 Å². The summed E-state index contributed by atoms with van der Waals surface area (Å²) in [4.78, 5) is 19.6. The third-order valence-corrected chi connectivity index (χ3v) is 0.287. The van der Waals surface area contributed by atoms with Crippen LogP contribution < -0.4 is 0 Å². The van der Waals surface area contributed by atoms with Crippen LogP contribution in [0.4, 0.5) is 8.78 Å². The van der Waals surface area contributed by atoms with Crippen molar-refractivity contribution in [2.45, 2.75) is 13.8 Å². The largest absolute Gasteiger partial charge is 0.394 e. The van der Waals surface area contributed by atoms with Crippen molar-refractivity contribution in [3.63, 3.8) is 0 Å². The summed E-state index contributed by atoms with van der Waals surface area (Å²) in [6.07, 6.45) is 0. The first-order chi connectivity index (χ1) is 4.54. The number of hydrogen-bond donors (Lipinski definition) is 0. The van der Waals surface area contributed by atoms with Crippen LogP contribution in [-0.4, -0.2) is 18.9 Å². The molecule has 0 unspecified atom stereocenters. The van der Waals surface area contributed by atoms with Gasteiger partial charge in [0.1, 0.15) is 0 Å². The van der Waals surface area contributed by atoms with Gasteiger partial charge in [0.15, 0.2) is 0 Å². The van der Waals surface area contributed by atoms with Gasteiger partial charge < -0.3 is 4.74 Å². The number of carbonyl (C=O) groups excluding carboxylic acids is 2. The summed E-state index contributed by atoms with van der Waals surface area (Å²) >= 11 is 0. The van der Waals surface area contributed by atoms with E-state index in [2.05, 4.69) is 4.74 Å². The first-order valence-electron chi connectivity index (χ1n) is 2.35. The predicted octanol–water partition coefficient (Wildman–Crippen LogP) is 0.979. The molecule has 0 aromatic carbocycles. The number of rotatable bonds is 0. The van der Waals surface area contributed by atoms with E-state index in [0.717, 1.165) is 0 Å². The number of hydrogen-bond acceptors (Lipinski definition) is 3. The SMILES string of the molecule is CC(=O)OC(C)=O.FCF. The smallest absolute Gasteiger partial charge is 0.310 e. The highest BCUT2D eigenvalue weighted by Gasteiger charge is 1.93. The lowest BCUT2D eigenvalue weighted by Gasteiger charge is -1.87. The van der Waals surface area contributed by atoms with Crippen LogP contribution in [0.25, 0.3) is 0 Å². The fourth-order valence-corrected chi connectivity index (χ4v) is 0.202. The molecule has 0 aliphatic heterocycles. The van der Waals surface area contributed by atoms with E-state index in [1.165, 1.54) is 13.8 Å². The third-order valence-electron chi connectivity index (χ3n) is 0.287. The van der Waals surface area contributed by atoms with E-state index in [1.807, 2.05) is 0 Å². The quantitative estimate of drug-likeness (QED) is 0.386. The summed E-state index contributed by atoms with van der Waals surface area (Å²) < 4.78 is 23.2. The van der Waals surface area contributed by atoms with Crippen molar-refractivity contribution >= 4 is 11.9 Å². The number of esters is 2. The summed E-state index contributed by atoms with van der Waals surface area (Å²) in [6, 6.07) is 0. The van der Waals surface area contributed by atoms with Gasteiger partial charge in [0, 0.05) is 13.8 Å². The maximum atomic E-state index is 9.81. The normalized spacial score (nSPS) is 7.20. The maximum absolute atomic E-state index is 9.81. The summed E-state index contributed by atoms with van der Waals surface area (Å²) in [5, 5.41) is 0. The Morgan fingerprint density at radius 2 is 1.40 bits per heavy atom. The minimum absolute atomic E-state index is 0.562. The molecule has 0 bridgehead atoms. The molecule has 0 aliphatic rings. The fourth-order valence-electron chi connectivity index (χ4n) is 0.202. The first-order valence-corrected chi connectivity index (χ1v) is 2.35. The van der Waals surface area contributed by atoms with Crippen LogP contribution in [0.1, 0.15) is 13.8 Å². The van der Waals surface area contributed by atoms with Crippen molar-refractivity contribution in [3.8, 4) is 0 Å². The summed E-state index contributed by atoms with van der Waals surface area (Å²) in [5.41, 5.74) is 0. The van der Waals surface area contributed by atoms with E-state index < -0.39 is 18.9 Å². The second-order valence-electron chi connectivity index (χ2n) is 1.19. The molecule has 0 radical (unpaired) electrons. The van der Waals surface area contributed by atoms with Gasteiger partial charge >= 0.3 is 11.9 Å². The molecular formula is C5H8F2O3. The van der Waals surface area contributed by atoms with Gasteiger partial charge in [0.2, 0.25) is 6.93 Å². The molecule has 0 saturated carbocycles. The molecule has 0 aromatic rings. The van der Waals surface area contributed by atoms with E-state index in [1.54, 1.807) is 0 Å². The van der Waals surface area contributed by atoms with Gasteiger partial charge in [-0.2, -0.15) is 0 Å². The van der Waals surface area contributed by atoms with Crippen molar-refractivity contribution in [3.05, 3.63) is 0 Å². The maximum Gasteiger partial charge on any atom is 0.310 e. The lowest BCUT2D eigenvalue weighted by atomic mass is 10.7. The molecule has 0 aliphatic carbocycles. The molecule has 0 aromatic heterocycles. The zero-order valence-electron chi connectivity index (χ0n) is 5.69. The molecule has 60 valence electrons. The topological polar surface area (TPSA) is 43.4 Å². The molecule has 10 heavy (non-hydrogen) atoms. The molecule has 0 atom stereocenters. The molecule has 0 N–H and O–H groups in total. The molecule has 0 amide bonds. The Hall–Kier alpha value is -1.00. The second-order valence-corrected chi connectivity index (χ2v) is 1.19. The van der Waals surface area contributed by atoms with E-state index in [0.29, 0.717) is 0 Å². The number of ether oxygens (including phenoxy) is 1. The minimum Gasteiger partial charge on any atom is -0.394 e. The highest BCUT2D eigenvalue weighted by atomic mass is 19.3. The molecule has 0 fully saturated rings. The van der Waals surface area contributed by atoms with E-state index in [9.17, 15) is 18.4 Å². The van der Waals surface area contributed by atoms with E-state index in [-0.39, 0.29) is 0 Å². The van der Waals surface area contributed by atoms with Gasteiger partial charge in [0.05, 0.1) is 0 Å². The van der Waals surface area contributed by atoms with Crippen molar-refractivity contribution in [1.82, 2.24) is 0 Å². The zero-order valence-corrected chi connectivity index (χ0v) is 5.69. The van der Waals surface area contributed by atoms with Crippen molar-refractivity contribution in [2.75, 3.05) is 6.93 Å². The molecule has 5 heteroatoms. The molecule has 0 saturated heterocycles. The van der Waals surface area contributed by atoms with Gasteiger partial charge in [-0.15, -0.1) is 0 Å². The van der Waals surface area contributed by atoms with Gasteiger partial charge in [-0.1, -0.05) is 0 Å². The first kappa shape index (κ1) is 11.8. The fraction of sp³-hybridized carbons (Fsp3) is 0.600. The highest BCUT2D eigenvalue weighted by molar-refractivity contribution is 5.82. The molecular weight excluding hydrogens is 146 g/mol. The van der Waals surface area contributed by atoms with Crippen LogP contribution >= 0.6 is 0 Å². The van der Waals surface area contributed by atoms with E-state index in [4.69, 9.17) is 0 Å². The number of carbonyl (C=O) groups is 2. The van der Waals surface area contributed by atoms with Gasteiger partial charge in [-0.05, 0) is 0 Å². The summed E-state index contributed by atoms with van der Waals surface area (Å²) in [6.45, 7) is 0.614. The van der Waals surface area contributed by atoms with Crippen LogP contribution in [0.5, 0.6) is 0 Å². The molecule has 0 spiro atoms. The van der Waals surface area contributed by atoms with Crippen LogP contribution in [-0.2, 0) is 14.3 Å². The lowest BCUT2D eigenvalue weighted by molar-refractivity contribution is -0.156. The summed E-state index contributed by atoms with van der Waals surface area (Å²) in [7, 11) is 0. The molecule has 0 heterocycles. The minimum atomic E-state index is -1.75. The molecule has 0 rings (SSSR count). The number of halogens is 2. The Bertz CT molecular complexity index is 101. The lowest BCUT2D eigenvalue weighted by Crippen LogP contribution is -2.03. The van der Waals surface area contributed by atoms with Crippen LogP contribution in [0.3, 0.4) is 0 Å². The van der Waals surface area contributed by atoms with Crippen molar-refractivity contribution in [1.29, 1.82) is 0 Å². The number of alkyl halides is 2.